The van der Waals surface area contributed by atoms with Crippen molar-refractivity contribution in [1.82, 2.24) is 0 Å². The van der Waals surface area contributed by atoms with Gasteiger partial charge in [-0.25, -0.2) is 0 Å². The molecule has 0 radical (unpaired) electrons. The number of hydrogen-bond donors (Lipinski definition) is 0. The average Bonchev–Trinajstić information content (AvgIpc) is 2.39. The maximum Gasteiger partial charge on any atom is 0.0354 e. The molecule has 1 heterocycles. The molecule has 14 heavy (non-hydrogen) atoms. The SMILES string of the molecule is Cc1cc2sc(C)c(C)c2c(C)c1Br. The number of thiophene rings is 1. The lowest BCUT2D eigenvalue weighted by Gasteiger charge is -2.05. The number of halogens is 1. The number of rotatable bonds is 0. The Hall–Kier alpha value is -0.340. The van der Waals surface area contributed by atoms with Crippen LogP contribution in [0.5, 0.6) is 0 Å². The first-order chi connectivity index (χ1) is 6.52. The van der Waals surface area contributed by atoms with E-state index in [1.165, 1.54) is 36.1 Å². The summed E-state index contributed by atoms with van der Waals surface area (Å²) in [5, 5.41) is 1.44. The van der Waals surface area contributed by atoms with Gasteiger partial charge in [-0.2, -0.15) is 0 Å². The molecule has 1 aromatic carbocycles. The molecule has 74 valence electrons. The molecule has 0 saturated carbocycles. The van der Waals surface area contributed by atoms with Crippen LogP contribution in [0.4, 0.5) is 0 Å². The van der Waals surface area contributed by atoms with E-state index in [0.29, 0.717) is 0 Å². The van der Waals surface area contributed by atoms with Crippen LogP contribution >= 0.6 is 27.3 Å². The lowest BCUT2D eigenvalue weighted by Crippen LogP contribution is -1.83. The van der Waals surface area contributed by atoms with Crippen LogP contribution in [0.15, 0.2) is 10.5 Å². The maximum atomic E-state index is 3.65. The van der Waals surface area contributed by atoms with Gasteiger partial charge in [0, 0.05) is 14.0 Å². The van der Waals surface area contributed by atoms with Gasteiger partial charge in [-0.15, -0.1) is 11.3 Å². The fourth-order valence-corrected chi connectivity index (χ4v) is 3.43. The van der Waals surface area contributed by atoms with E-state index in [1.807, 2.05) is 11.3 Å². The highest BCUT2D eigenvalue weighted by Gasteiger charge is 2.11. The van der Waals surface area contributed by atoms with Crippen LogP contribution < -0.4 is 0 Å². The molecule has 0 spiro atoms. The normalized spacial score (nSPS) is 11.2. The van der Waals surface area contributed by atoms with Crippen LogP contribution in [0.3, 0.4) is 0 Å². The molecule has 0 aliphatic heterocycles. The first kappa shape index (κ1) is 10.2. The molecule has 0 nitrogen and oxygen atoms in total. The summed E-state index contributed by atoms with van der Waals surface area (Å²) in [5.41, 5.74) is 4.14. The predicted molar refractivity (Wildman–Crippen MR) is 68.5 cm³/mol. The summed E-state index contributed by atoms with van der Waals surface area (Å²) in [5.74, 6) is 0. The molecule has 0 bridgehead atoms. The van der Waals surface area contributed by atoms with E-state index >= 15 is 0 Å². The van der Waals surface area contributed by atoms with Gasteiger partial charge in [0.25, 0.3) is 0 Å². The fraction of sp³-hybridized carbons (Fsp3) is 0.333. The first-order valence-electron chi connectivity index (χ1n) is 4.67. The molecule has 0 aliphatic rings. The lowest BCUT2D eigenvalue weighted by molar-refractivity contribution is 1.37. The number of aryl methyl sites for hydroxylation is 4. The summed E-state index contributed by atoms with van der Waals surface area (Å²) < 4.78 is 2.67. The van der Waals surface area contributed by atoms with Gasteiger partial charge in [-0.1, -0.05) is 15.9 Å². The topological polar surface area (TPSA) is 0 Å². The Balaban J connectivity index is 2.99. The minimum Gasteiger partial charge on any atom is -0.140 e. The van der Waals surface area contributed by atoms with Crippen molar-refractivity contribution in [1.29, 1.82) is 0 Å². The minimum absolute atomic E-state index is 1.26. The third-order valence-electron chi connectivity index (χ3n) is 2.81. The summed E-state index contributed by atoms with van der Waals surface area (Å²) in [7, 11) is 0. The third-order valence-corrected chi connectivity index (χ3v) is 5.19. The molecule has 2 rings (SSSR count). The molecule has 0 atom stereocenters. The van der Waals surface area contributed by atoms with E-state index in [0.717, 1.165) is 0 Å². The summed E-state index contributed by atoms with van der Waals surface area (Å²) in [6.07, 6.45) is 0. The monoisotopic (exact) mass is 268 g/mol. The van der Waals surface area contributed by atoms with Crippen molar-refractivity contribution in [2.45, 2.75) is 27.7 Å². The molecule has 0 N–H and O–H groups in total. The molecule has 0 saturated heterocycles. The van der Waals surface area contributed by atoms with Crippen molar-refractivity contribution < 1.29 is 0 Å². The van der Waals surface area contributed by atoms with E-state index in [-0.39, 0.29) is 0 Å². The first-order valence-corrected chi connectivity index (χ1v) is 6.28. The Morgan fingerprint density at radius 3 is 2.36 bits per heavy atom. The largest absolute Gasteiger partial charge is 0.140 e. The molecular weight excluding hydrogens is 256 g/mol. The smallest absolute Gasteiger partial charge is 0.0354 e. The zero-order valence-electron chi connectivity index (χ0n) is 8.86. The molecule has 0 unspecified atom stereocenters. The van der Waals surface area contributed by atoms with Crippen LogP contribution in [0.2, 0.25) is 0 Å². The zero-order chi connectivity index (χ0) is 10.5. The van der Waals surface area contributed by atoms with E-state index in [4.69, 9.17) is 0 Å². The van der Waals surface area contributed by atoms with Crippen molar-refractivity contribution in [2.24, 2.45) is 0 Å². The van der Waals surface area contributed by atoms with Gasteiger partial charge < -0.3 is 0 Å². The Morgan fingerprint density at radius 2 is 1.71 bits per heavy atom. The Kier molecular flexibility index (Phi) is 2.44. The van der Waals surface area contributed by atoms with Gasteiger partial charge >= 0.3 is 0 Å². The number of benzene rings is 1. The molecular formula is C12H13BrS. The van der Waals surface area contributed by atoms with Crippen LogP contribution in [0, 0.1) is 27.7 Å². The molecule has 2 heteroatoms. The summed E-state index contributed by atoms with van der Waals surface area (Å²) in [6, 6.07) is 2.27. The summed E-state index contributed by atoms with van der Waals surface area (Å²) >= 11 is 5.54. The Morgan fingerprint density at radius 1 is 1.07 bits per heavy atom. The van der Waals surface area contributed by atoms with Crippen molar-refractivity contribution in [3.63, 3.8) is 0 Å². The van der Waals surface area contributed by atoms with Crippen molar-refractivity contribution in [3.8, 4) is 0 Å². The van der Waals surface area contributed by atoms with Gasteiger partial charge in [-0.05, 0) is 55.8 Å². The fourth-order valence-electron chi connectivity index (χ4n) is 1.89. The minimum atomic E-state index is 1.26. The molecule has 0 fully saturated rings. The Labute approximate surface area is 97.1 Å². The highest BCUT2D eigenvalue weighted by Crippen LogP contribution is 2.37. The van der Waals surface area contributed by atoms with Gasteiger partial charge in [0.15, 0.2) is 0 Å². The highest BCUT2D eigenvalue weighted by molar-refractivity contribution is 9.10. The highest BCUT2D eigenvalue weighted by atomic mass is 79.9. The van der Waals surface area contributed by atoms with E-state index < -0.39 is 0 Å². The third kappa shape index (κ3) is 1.32. The van der Waals surface area contributed by atoms with Gasteiger partial charge in [0.2, 0.25) is 0 Å². The molecule has 2 aromatic rings. The Bertz CT molecular complexity index is 509. The molecule has 0 aliphatic carbocycles. The second-order valence-corrected chi connectivity index (χ2v) is 5.84. The van der Waals surface area contributed by atoms with Crippen LogP contribution in [0.1, 0.15) is 21.6 Å². The van der Waals surface area contributed by atoms with Gasteiger partial charge in [0.05, 0.1) is 0 Å². The van der Waals surface area contributed by atoms with Crippen molar-refractivity contribution >= 4 is 37.4 Å². The van der Waals surface area contributed by atoms with Gasteiger partial charge in [0.1, 0.15) is 0 Å². The maximum absolute atomic E-state index is 3.65. The second-order valence-electron chi connectivity index (χ2n) is 3.79. The standard InChI is InChI=1S/C12H13BrS/c1-6-5-10-11(8(3)12(6)13)7(2)9(4)14-10/h5H,1-4H3. The van der Waals surface area contributed by atoms with Crippen molar-refractivity contribution in [2.75, 3.05) is 0 Å². The predicted octanol–water partition coefficient (Wildman–Crippen LogP) is 4.90. The van der Waals surface area contributed by atoms with Gasteiger partial charge in [-0.3, -0.25) is 0 Å². The number of fused-ring (bicyclic) bond motifs is 1. The van der Waals surface area contributed by atoms with E-state index in [9.17, 15) is 0 Å². The van der Waals surface area contributed by atoms with E-state index in [1.54, 1.807) is 0 Å². The second kappa shape index (κ2) is 3.35. The van der Waals surface area contributed by atoms with Crippen molar-refractivity contribution in [3.05, 3.63) is 32.1 Å². The molecule has 1 aromatic heterocycles. The van der Waals surface area contributed by atoms with E-state index in [2.05, 4.69) is 49.7 Å². The quantitative estimate of drug-likeness (QED) is 0.638. The van der Waals surface area contributed by atoms with Crippen LogP contribution in [0.25, 0.3) is 10.1 Å². The summed E-state index contributed by atoms with van der Waals surface area (Å²) in [4.78, 5) is 1.43. The average molecular weight is 269 g/mol. The molecule has 0 amide bonds. The van der Waals surface area contributed by atoms with Crippen LogP contribution in [-0.2, 0) is 0 Å². The lowest BCUT2D eigenvalue weighted by atomic mass is 10.0. The van der Waals surface area contributed by atoms with Crippen LogP contribution in [-0.4, -0.2) is 0 Å². The number of hydrogen-bond acceptors (Lipinski definition) is 1. The summed E-state index contributed by atoms with van der Waals surface area (Å²) in [6.45, 7) is 8.76. The zero-order valence-corrected chi connectivity index (χ0v) is 11.3.